The molecule has 0 bridgehead atoms. The van der Waals surface area contributed by atoms with E-state index in [1.807, 2.05) is 44.2 Å². The monoisotopic (exact) mass is 699 g/mol. The Kier molecular flexibility index (Phi) is 12.5. The van der Waals surface area contributed by atoms with Crippen molar-refractivity contribution in [3.05, 3.63) is 129 Å². The number of benzene rings is 4. The van der Waals surface area contributed by atoms with Crippen LogP contribution in [0.15, 0.2) is 102 Å². The topological polar surface area (TPSA) is 86.8 Å². The number of halogens is 3. The third-order valence-electron chi connectivity index (χ3n) is 7.50. The largest absolute Gasteiger partial charge is 0.354 e. The number of aryl methyl sites for hydroxylation is 1. The molecular formula is C35H36Cl3N3O4S. The number of hydrogen-bond donors (Lipinski definition) is 1. The van der Waals surface area contributed by atoms with E-state index >= 15 is 0 Å². The molecule has 4 aromatic rings. The highest BCUT2D eigenvalue weighted by Gasteiger charge is 2.35. The van der Waals surface area contributed by atoms with Crippen molar-refractivity contribution in [1.29, 1.82) is 0 Å². The van der Waals surface area contributed by atoms with Gasteiger partial charge < -0.3 is 10.2 Å². The lowest BCUT2D eigenvalue weighted by Gasteiger charge is -2.34. The van der Waals surface area contributed by atoms with Gasteiger partial charge in [-0.25, -0.2) is 8.42 Å². The summed E-state index contributed by atoms with van der Waals surface area (Å²) in [5.74, 6) is -1.02. The molecule has 4 rings (SSSR count). The van der Waals surface area contributed by atoms with Gasteiger partial charge in [0.05, 0.1) is 15.6 Å². The van der Waals surface area contributed by atoms with E-state index in [2.05, 4.69) is 5.32 Å². The van der Waals surface area contributed by atoms with Crippen molar-refractivity contribution >= 4 is 62.3 Å². The number of hydrogen-bond acceptors (Lipinski definition) is 4. The van der Waals surface area contributed by atoms with E-state index in [4.69, 9.17) is 34.8 Å². The van der Waals surface area contributed by atoms with Crippen molar-refractivity contribution in [1.82, 2.24) is 10.2 Å². The van der Waals surface area contributed by atoms with Crippen molar-refractivity contribution in [2.75, 3.05) is 17.4 Å². The molecule has 0 saturated carbocycles. The van der Waals surface area contributed by atoms with Crippen LogP contribution in [0.4, 0.5) is 5.69 Å². The average molecular weight is 701 g/mol. The van der Waals surface area contributed by atoms with Crippen molar-refractivity contribution in [2.24, 2.45) is 0 Å². The van der Waals surface area contributed by atoms with Gasteiger partial charge in [-0.05, 0) is 55.3 Å². The fourth-order valence-corrected chi connectivity index (χ4v) is 7.16. The number of para-hydroxylation sites is 1. The Balaban J connectivity index is 1.83. The number of sulfonamides is 1. The van der Waals surface area contributed by atoms with Crippen molar-refractivity contribution in [2.45, 2.75) is 50.6 Å². The molecule has 2 amide bonds. The minimum Gasteiger partial charge on any atom is -0.354 e. The first-order valence-electron chi connectivity index (χ1n) is 14.9. The van der Waals surface area contributed by atoms with Gasteiger partial charge in [0.25, 0.3) is 10.0 Å². The number of unbranched alkanes of at least 4 members (excludes halogenated alkanes) is 1. The quantitative estimate of drug-likeness (QED) is 0.137. The van der Waals surface area contributed by atoms with Crippen molar-refractivity contribution < 1.29 is 18.0 Å². The number of rotatable bonds is 14. The van der Waals surface area contributed by atoms with Crippen LogP contribution in [-0.2, 0) is 32.6 Å². The van der Waals surface area contributed by atoms with Crippen LogP contribution in [0.5, 0.6) is 0 Å². The summed E-state index contributed by atoms with van der Waals surface area (Å²) in [5, 5.41) is 3.72. The van der Waals surface area contributed by atoms with Crippen LogP contribution in [0.1, 0.15) is 36.5 Å². The zero-order valence-corrected chi connectivity index (χ0v) is 28.7. The van der Waals surface area contributed by atoms with Gasteiger partial charge >= 0.3 is 0 Å². The Morgan fingerprint density at radius 2 is 1.41 bits per heavy atom. The Morgan fingerprint density at radius 1 is 0.804 bits per heavy atom. The fraction of sp³-hybridized carbons (Fsp3) is 0.257. The predicted molar refractivity (Wildman–Crippen MR) is 186 cm³/mol. The Bertz CT molecular complexity index is 1730. The van der Waals surface area contributed by atoms with Crippen LogP contribution in [0.3, 0.4) is 0 Å². The Labute approximate surface area is 286 Å². The molecule has 1 atom stereocenters. The first kappa shape index (κ1) is 35.3. The average Bonchev–Trinajstić information content (AvgIpc) is 3.04. The molecule has 242 valence electrons. The van der Waals surface area contributed by atoms with Gasteiger partial charge in [0.1, 0.15) is 12.6 Å². The summed E-state index contributed by atoms with van der Waals surface area (Å²) in [6.45, 7) is 3.50. The molecule has 7 nitrogen and oxygen atoms in total. The summed E-state index contributed by atoms with van der Waals surface area (Å²) in [6.07, 6.45) is 1.79. The number of carbonyl (C=O) groups excluding carboxylic acids is 2. The van der Waals surface area contributed by atoms with E-state index in [1.165, 1.54) is 23.1 Å². The van der Waals surface area contributed by atoms with Gasteiger partial charge in [-0.2, -0.15) is 0 Å². The normalized spacial score (nSPS) is 11.9. The summed E-state index contributed by atoms with van der Waals surface area (Å²) < 4.78 is 29.3. The molecule has 0 aliphatic heterocycles. The van der Waals surface area contributed by atoms with Crippen LogP contribution in [-0.4, -0.2) is 44.3 Å². The summed E-state index contributed by atoms with van der Waals surface area (Å²) in [4.78, 5) is 29.8. The first-order chi connectivity index (χ1) is 22.0. The van der Waals surface area contributed by atoms with Gasteiger partial charge in [0, 0.05) is 35.1 Å². The van der Waals surface area contributed by atoms with E-state index in [-0.39, 0.29) is 34.5 Å². The zero-order valence-electron chi connectivity index (χ0n) is 25.6. The van der Waals surface area contributed by atoms with E-state index < -0.39 is 28.5 Å². The molecule has 0 aromatic heterocycles. The first-order valence-corrected chi connectivity index (χ1v) is 17.5. The number of anilines is 1. The van der Waals surface area contributed by atoms with Crippen LogP contribution in [0.25, 0.3) is 0 Å². The summed E-state index contributed by atoms with van der Waals surface area (Å²) in [6, 6.07) is 26.0. The number of nitrogens with zero attached hydrogens (tertiary/aromatic N) is 2. The molecular weight excluding hydrogens is 665 g/mol. The second-order valence-electron chi connectivity index (χ2n) is 10.8. The lowest BCUT2D eigenvalue weighted by Crippen LogP contribution is -2.53. The third-order valence-corrected chi connectivity index (χ3v) is 10.3. The van der Waals surface area contributed by atoms with E-state index in [1.54, 1.807) is 48.5 Å². The highest BCUT2D eigenvalue weighted by molar-refractivity contribution is 7.92. The summed E-state index contributed by atoms with van der Waals surface area (Å²) >= 11 is 19.7. The fourth-order valence-electron chi connectivity index (χ4n) is 4.92. The van der Waals surface area contributed by atoms with Crippen molar-refractivity contribution in [3.8, 4) is 0 Å². The van der Waals surface area contributed by atoms with Crippen LogP contribution in [0, 0.1) is 6.92 Å². The molecule has 0 unspecified atom stereocenters. The predicted octanol–water partition coefficient (Wildman–Crippen LogP) is 7.71. The number of amides is 2. The van der Waals surface area contributed by atoms with Gasteiger partial charge in [0.15, 0.2) is 0 Å². The molecule has 4 aromatic carbocycles. The van der Waals surface area contributed by atoms with Crippen molar-refractivity contribution in [3.63, 3.8) is 0 Å². The molecule has 46 heavy (non-hydrogen) atoms. The second kappa shape index (κ2) is 16.3. The maximum absolute atomic E-state index is 14.6. The summed E-state index contributed by atoms with van der Waals surface area (Å²) in [7, 11) is -4.28. The summed E-state index contributed by atoms with van der Waals surface area (Å²) in [5.41, 5.74) is 2.25. The van der Waals surface area contributed by atoms with Gasteiger partial charge in [-0.15, -0.1) is 0 Å². The minimum absolute atomic E-state index is 0.00957. The number of carbonyl (C=O) groups is 2. The lowest BCUT2D eigenvalue weighted by molar-refractivity contribution is -0.140. The molecule has 0 saturated heterocycles. The van der Waals surface area contributed by atoms with E-state index in [0.29, 0.717) is 22.2 Å². The smallest absolute Gasteiger partial charge is 0.264 e. The minimum atomic E-state index is -4.28. The molecule has 11 heteroatoms. The molecule has 0 aliphatic rings. The maximum atomic E-state index is 14.6. The highest BCUT2D eigenvalue weighted by Crippen LogP contribution is 2.32. The molecule has 0 radical (unpaired) electrons. The third kappa shape index (κ3) is 8.82. The molecule has 1 N–H and O–H groups in total. The maximum Gasteiger partial charge on any atom is 0.264 e. The second-order valence-corrected chi connectivity index (χ2v) is 13.9. The molecule has 0 heterocycles. The van der Waals surface area contributed by atoms with Crippen LogP contribution >= 0.6 is 34.8 Å². The highest BCUT2D eigenvalue weighted by atomic mass is 35.5. The molecule has 0 aliphatic carbocycles. The number of nitrogens with one attached hydrogen (secondary N) is 1. The Hall–Kier alpha value is -3.56. The molecule has 0 spiro atoms. The van der Waals surface area contributed by atoms with Gasteiger partial charge in [0.2, 0.25) is 11.8 Å². The van der Waals surface area contributed by atoms with E-state index in [9.17, 15) is 18.0 Å². The Morgan fingerprint density at radius 3 is 2.04 bits per heavy atom. The van der Waals surface area contributed by atoms with Crippen LogP contribution in [0.2, 0.25) is 15.1 Å². The van der Waals surface area contributed by atoms with E-state index in [0.717, 1.165) is 28.3 Å². The van der Waals surface area contributed by atoms with Gasteiger partial charge in [-0.3, -0.25) is 13.9 Å². The standard InChI is InChI=1S/C35H36Cl3N3O4S/c1-3-4-21-39-35(43)33(22-26-11-6-5-7-12-26)40(23-28-29(36)14-10-15-30(28)37)34(42)24-41(32-16-9-8-13-31(32)38)46(44,45)27-19-17-25(2)18-20-27/h5-20,33H,3-4,21-24H2,1-2H3,(H,39,43)/t33-/m0/s1. The lowest BCUT2D eigenvalue weighted by atomic mass is 10.0. The van der Waals surface area contributed by atoms with Gasteiger partial charge in [-0.1, -0.05) is 114 Å². The van der Waals surface area contributed by atoms with Crippen LogP contribution < -0.4 is 9.62 Å². The SMILES string of the molecule is CCCCNC(=O)[C@H](Cc1ccccc1)N(Cc1c(Cl)cccc1Cl)C(=O)CN(c1ccccc1Cl)S(=O)(=O)c1ccc(C)cc1. The zero-order chi connectivity index (χ0) is 33.3. The molecule has 0 fully saturated rings.